The zero-order valence-corrected chi connectivity index (χ0v) is 9.31. The van der Waals surface area contributed by atoms with Crippen molar-refractivity contribution in [1.82, 2.24) is 14.6 Å². The second-order valence-electron chi connectivity index (χ2n) is 4.85. The van der Waals surface area contributed by atoms with Gasteiger partial charge in [0, 0.05) is 24.0 Å². The summed E-state index contributed by atoms with van der Waals surface area (Å²) in [6.07, 6.45) is 7.17. The molecule has 2 aromatic heterocycles. The van der Waals surface area contributed by atoms with Crippen molar-refractivity contribution in [2.45, 2.75) is 26.8 Å². The number of hydrogen-bond acceptors (Lipinski definition) is 3. The van der Waals surface area contributed by atoms with E-state index in [0.29, 0.717) is 0 Å². The molecule has 2 rings (SSSR count). The molecule has 0 radical (unpaired) electrons. The molecule has 4 nitrogen and oxygen atoms in total. The number of fused-ring (bicyclic) bond motifs is 1. The van der Waals surface area contributed by atoms with Crippen LogP contribution in [0.3, 0.4) is 0 Å². The van der Waals surface area contributed by atoms with Crippen molar-refractivity contribution < 1.29 is 0 Å². The van der Waals surface area contributed by atoms with Crippen molar-refractivity contribution in [3.63, 3.8) is 0 Å². The summed E-state index contributed by atoms with van der Waals surface area (Å²) >= 11 is 0. The van der Waals surface area contributed by atoms with E-state index in [1.807, 2.05) is 12.4 Å². The van der Waals surface area contributed by atoms with Crippen LogP contribution in [0.5, 0.6) is 0 Å². The van der Waals surface area contributed by atoms with Gasteiger partial charge in [0.1, 0.15) is 0 Å². The van der Waals surface area contributed by atoms with E-state index in [1.54, 1.807) is 16.9 Å². The molecular formula is C11H16N4. The summed E-state index contributed by atoms with van der Waals surface area (Å²) in [5.74, 6) is 0. The van der Waals surface area contributed by atoms with Gasteiger partial charge in [0.2, 0.25) is 0 Å². The number of nitrogens with two attached hydrogens (primary N) is 1. The van der Waals surface area contributed by atoms with Crippen LogP contribution in [0.2, 0.25) is 0 Å². The van der Waals surface area contributed by atoms with E-state index in [0.717, 1.165) is 11.1 Å². The Morgan fingerprint density at radius 2 is 2.07 bits per heavy atom. The Morgan fingerprint density at radius 1 is 1.33 bits per heavy atom. The second-order valence-corrected chi connectivity index (χ2v) is 4.85. The molecule has 0 amide bonds. The Hall–Kier alpha value is -1.42. The van der Waals surface area contributed by atoms with E-state index in [1.165, 1.54) is 0 Å². The van der Waals surface area contributed by atoms with Crippen LogP contribution in [0.4, 0.5) is 0 Å². The third-order valence-electron chi connectivity index (χ3n) is 2.62. The molecule has 80 valence electrons. The predicted octanol–water partition coefficient (Wildman–Crippen LogP) is 1.78. The maximum absolute atomic E-state index is 6.20. The Kier molecular flexibility index (Phi) is 2.23. The van der Waals surface area contributed by atoms with Gasteiger partial charge in [-0.25, -0.2) is 4.52 Å². The van der Waals surface area contributed by atoms with Crippen LogP contribution in [0, 0.1) is 5.41 Å². The Morgan fingerprint density at radius 3 is 2.73 bits per heavy atom. The van der Waals surface area contributed by atoms with Crippen molar-refractivity contribution in [3.05, 3.63) is 30.4 Å². The first-order valence-electron chi connectivity index (χ1n) is 5.03. The Bertz CT molecular complexity index is 467. The zero-order valence-electron chi connectivity index (χ0n) is 9.31. The van der Waals surface area contributed by atoms with Crippen molar-refractivity contribution in [2.75, 3.05) is 0 Å². The molecule has 4 heteroatoms. The first-order chi connectivity index (χ1) is 7.00. The number of hydrogen-bond donors (Lipinski definition) is 1. The maximum Gasteiger partial charge on any atom is 0.0892 e. The van der Waals surface area contributed by atoms with Gasteiger partial charge in [-0.15, -0.1) is 0 Å². The summed E-state index contributed by atoms with van der Waals surface area (Å²) in [4.78, 5) is 4.09. The van der Waals surface area contributed by atoms with E-state index >= 15 is 0 Å². The van der Waals surface area contributed by atoms with Crippen molar-refractivity contribution in [2.24, 2.45) is 11.1 Å². The van der Waals surface area contributed by atoms with Crippen LogP contribution >= 0.6 is 0 Å². The molecule has 0 fully saturated rings. The number of nitrogens with zero attached hydrogens (tertiary/aromatic N) is 3. The third kappa shape index (κ3) is 1.72. The minimum atomic E-state index is -0.0285. The quantitative estimate of drug-likeness (QED) is 0.770. The highest BCUT2D eigenvalue weighted by Crippen LogP contribution is 2.32. The van der Waals surface area contributed by atoms with Crippen LogP contribution in [-0.2, 0) is 0 Å². The molecule has 0 saturated heterocycles. The first-order valence-corrected chi connectivity index (χ1v) is 5.03. The van der Waals surface area contributed by atoms with Gasteiger partial charge >= 0.3 is 0 Å². The zero-order chi connectivity index (χ0) is 11.1. The normalized spacial score (nSPS) is 14.4. The summed E-state index contributed by atoms with van der Waals surface area (Å²) in [6.45, 7) is 6.37. The largest absolute Gasteiger partial charge is 0.323 e. The van der Waals surface area contributed by atoms with E-state index in [2.05, 4.69) is 30.9 Å². The lowest BCUT2D eigenvalue weighted by Gasteiger charge is -2.26. The van der Waals surface area contributed by atoms with E-state index in [9.17, 15) is 0 Å². The molecular weight excluding hydrogens is 188 g/mol. The predicted molar refractivity (Wildman–Crippen MR) is 59.4 cm³/mol. The van der Waals surface area contributed by atoms with E-state index in [-0.39, 0.29) is 11.5 Å². The van der Waals surface area contributed by atoms with Gasteiger partial charge < -0.3 is 5.73 Å². The van der Waals surface area contributed by atoms with Gasteiger partial charge in [-0.2, -0.15) is 5.10 Å². The Labute approximate surface area is 89.1 Å². The van der Waals surface area contributed by atoms with Crippen molar-refractivity contribution >= 4 is 5.52 Å². The average Bonchev–Trinajstić information content (AvgIpc) is 2.58. The third-order valence-corrected chi connectivity index (χ3v) is 2.62. The SMILES string of the molecule is CC(C)(C)C(N)c1cnn2ccncc12. The molecule has 15 heavy (non-hydrogen) atoms. The van der Waals surface area contributed by atoms with Gasteiger partial charge in [0.25, 0.3) is 0 Å². The lowest BCUT2D eigenvalue weighted by molar-refractivity contribution is 0.328. The highest BCUT2D eigenvalue weighted by Gasteiger charge is 2.24. The monoisotopic (exact) mass is 204 g/mol. The molecule has 1 unspecified atom stereocenters. The van der Waals surface area contributed by atoms with Gasteiger partial charge in [-0.3, -0.25) is 4.98 Å². The molecule has 0 aliphatic rings. The van der Waals surface area contributed by atoms with Crippen molar-refractivity contribution in [3.8, 4) is 0 Å². The minimum Gasteiger partial charge on any atom is -0.323 e. The van der Waals surface area contributed by atoms with Gasteiger partial charge in [0.15, 0.2) is 0 Å². The minimum absolute atomic E-state index is 0.0271. The van der Waals surface area contributed by atoms with Gasteiger partial charge in [0.05, 0.1) is 17.9 Å². The highest BCUT2D eigenvalue weighted by atomic mass is 15.2. The molecule has 0 aliphatic heterocycles. The lowest BCUT2D eigenvalue weighted by Crippen LogP contribution is -2.26. The first kappa shape index (κ1) is 10.1. The fourth-order valence-electron chi connectivity index (χ4n) is 1.56. The summed E-state index contributed by atoms with van der Waals surface area (Å²) < 4.78 is 1.80. The summed E-state index contributed by atoms with van der Waals surface area (Å²) in [5, 5.41) is 4.25. The number of rotatable bonds is 1. The van der Waals surface area contributed by atoms with Crippen molar-refractivity contribution in [1.29, 1.82) is 0 Å². The summed E-state index contributed by atoms with van der Waals surface area (Å²) in [5.41, 5.74) is 8.27. The topological polar surface area (TPSA) is 56.2 Å². The average molecular weight is 204 g/mol. The van der Waals surface area contributed by atoms with Crippen LogP contribution in [-0.4, -0.2) is 14.6 Å². The number of aromatic nitrogens is 3. The fourth-order valence-corrected chi connectivity index (χ4v) is 1.56. The van der Waals surface area contributed by atoms with Crippen LogP contribution in [0.15, 0.2) is 24.8 Å². The van der Waals surface area contributed by atoms with Crippen LogP contribution in [0.1, 0.15) is 32.4 Å². The molecule has 2 aromatic rings. The molecule has 0 aliphatic carbocycles. The Balaban J connectivity index is 2.53. The molecule has 2 heterocycles. The summed E-state index contributed by atoms with van der Waals surface area (Å²) in [7, 11) is 0. The van der Waals surface area contributed by atoms with E-state index in [4.69, 9.17) is 5.73 Å². The molecule has 0 aromatic carbocycles. The second kappa shape index (κ2) is 3.31. The molecule has 2 N–H and O–H groups in total. The highest BCUT2D eigenvalue weighted by molar-refractivity contribution is 5.53. The molecule has 1 atom stereocenters. The van der Waals surface area contributed by atoms with Crippen LogP contribution < -0.4 is 5.73 Å². The molecule has 0 bridgehead atoms. The van der Waals surface area contributed by atoms with Crippen LogP contribution in [0.25, 0.3) is 5.52 Å². The standard InChI is InChI=1S/C11H16N4/c1-11(2,3)10(12)8-6-14-15-5-4-13-7-9(8)15/h4-7,10H,12H2,1-3H3. The fraction of sp³-hybridized carbons (Fsp3) is 0.455. The molecule has 0 saturated carbocycles. The smallest absolute Gasteiger partial charge is 0.0892 e. The van der Waals surface area contributed by atoms with Gasteiger partial charge in [-0.05, 0) is 5.41 Å². The maximum atomic E-state index is 6.20. The summed E-state index contributed by atoms with van der Waals surface area (Å²) in [6, 6.07) is -0.0285. The van der Waals surface area contributed by atoms with E-state index < -0.39 is 0 Å². The molecule has 0 spiro atoms. The van der Waals surface area contributed by atoms with Gasteiger partial charge in [-0.1, -0.05) is 20.8 Å². The lowest BCUT2D eigenvalue weighted by atomic mass is 9.84.